The number of carboxylic acids is 1. The maximum absolute atomic E-state index is 13.2. The van der Waals surface area contributed by atoms with Crippen molar-refractivity contribution in [2.45, 2.75) is 6.92 Å². The molecule has 1 fully saturated rings. The van der Waals surface area contributed by atoms with Gasteiger partial charge in [-0.25, -0.2) is 22.6 Å². The minimum absolute atomic E-state index is 0.0588. The molecule has 0 atom stereocenters. The van der Waals surface area contributed by atoms with Crippen LogP contribution in [0.1, 0.15) is 17.3 Å². The zero-order valence-electron chi connectivity index (χ0n) is 17.5. The first-order valence-corrected chi connectivity index (χ1v) is 11.8. The molecule has 0 bridgehead atoms. The Balaban J connectivity index is 1.60. The lowest BCUT2D eigenvalue weighted by atomic mass is 10.1. The molecule has 10 heteroatoms. The third-order valence-corrected chi connectivity index (χ3v) is 6.78. The molecule has 1 aliphatic heterocycles. The molecular formula is C22H23FN4O4S. The number of nitrogens with one attached hydrogen (secondary N) is 1. The molecule has 0 spiro atoms. The van der Waals surface area contributed by atoms with Crippen molar-refractivity contribution >= 4 is 44.1 Å². The molecule has 4 rings (SSSR count). The Hall–Kier alpha value is -3.40. The summed E-state index contributed by atoms with van der Waals surface area (Å²) in [5, 5.41) is 10.1. The summed E-state index contributed by atoms with van der Waals surface area (Å²) in [7, 11) is -3.48. The van der Waals surface area contributed by atoms with E-state index >= 15 is 0 Å². The van der Waals surface area contributed by atoms with Crippen molar-refractivity contribution in [2.75, 3.05) is 46.5 Å². The highest BCUT2D eigenvalue weighted by atomic mass is 32.2. The molecule has 0 amide bonds. The zero-order chi connectivity index (χ0) is 22.9. The molecule has 168 valence electrons. The van der Waals surface area contributed by atoms with Crippen molar-refractivity contribution in [3.63, 3.8) is 0 Å². The number of benzene rings is 2. The number of hydrogen-bond acceptors (Lipinski definition) is 6. The quantitative estimate of drug-likeness (QED) is 0.585. The van der Waals surface area contributed by atoms with Crippen LogP contribution < -0.4 is 14.5 Å². The van der Waals surface area contributed by atoms with E-state index in [1.54, 1.807) is 24.3 Å². The lowest BCUT2D eigenvalue weighted by Gasteiger charge is -2.37. The number of aromatic carboxylic acids is 1. The number of fused-ring (bicyclic) bond motifs is 1. The Morgan fingerprint density at radius 3 is 2.34 bits per heavy atom. The normalized spacial score (nSPS) is 14.6. The highest BCUT2D eigenvalue weighted by Crippen LogP contribution is 2.28. The molecule has 0 unspecified atom stereocenters. The molecule has 1 saturated heterocycles. The van der Waals surface area contributed by atoms with E-state index in [4.69, 9.17) is 0 Å². The second-order valence-electron chi connectivity index (χ2n) is 7.52. The van der Waals surface area contributed by atoms with E-state index in [9.17, 15) is 22.7 Å². The monoisotopic (exact) mass is 458 g/mol. The number of anilines is 3. The molecule has 2 aromatic carbocycles. The summed E-state index contributed by atoms with van der Waals surface area (Å²) in [6, 6.07) is 12.6. The first-order chi connectivity index (χ1) is 15.3. The Labute approximate surface area is 185 Å². The highest BCUT2D eigenvalue weighted by Gasteiger charge is 2.21. The van der Waals surface area contributed by atoms with Crippen LogP contribution in [0.3, 0.4) is 0 Å². The van der Waals surface area contributed by atoms with Gasteiger partial charge in [-0.05, 0) is 55.5 Å². The van der Waals surface area contributed by atoms with Crippen LogP contribution in [0.2, 0.25) is 0 Å². The average molecular weight is 459 g/mol. The lowest BCUT2D eigenvalue weighted by molar-refractivity contribution is 0.0699. The number of pyridine rings is 1. The number of carbonyl (C=O) groups is 1. The Morgan fingerprint density at radius 2 is 1.72 bits per heavy atom. The van der Waals surface area contributed by atoms with Gasteiger partial charge in [-0.2, -0.15) is 0 Å². The molecular weight excluding hydrogens is 435 g/mol. The van der Waals surface area contributed by atoms with E-state index in [0.29, 0.717) is 48.6 Å². The summed E-state index contributed by atoms with van der Waals surface area (Å²) in [6.07, 6.45) is 0. The minimum Gasteiger partial charge on any atom is -0.478 e. The Morgan fingerprint density at radius 1 is 1.06 bits per heavy atom. The summed E-state index contributed by atoms with van der Waals surface area (Å²) < 4.78 is 39.3. The topological polar surface area (TPSA) is 103 Å². The van der Waals surface area contributed by atoms with Gasteiger partial charge in [0, 0.05) is 42.9 Å². The van der Waals surface area contributed by atoms with Crippen LogP contribution in [0.25, 0.3) is 10.9 Å². The largest absolute Gasteiger partial charge is 0.478 e. The SMILES string of the molecule is CCS(=O)(=O)Nc1ccc2nc(N3CCN(c4ccc(F)cc4)CC3)cc(C(=O)O)c2c1. The predicted octanol–water partition coefficient (Wildman–Crippen LogP) is 3.16. The van der Waals surface area contributed by atoms with Gasteiger partial charge in [-0.1, -0.05) is 0 Å². The zero-order valence-corrected chi connectivity index (χ0v) is 18.3. The van der Waals surface area contributed by atoms with Gasteiger partial charge >= 0.3 is 5.97 Å². The summed E-state index contributed by atoms with van der Waals surface area (Å²) in [5.41, 5.74) is 1.76. The van der Waals surface area contributed by atoms with E-state index in [2.05, 4.69) is 14.6 Å². The van der Waals surface area contributed by atoms with Gasteiger partial charge in [0.05, 0.1) is 16.8 Å². The van der Waals surface area contributed by atoms with Gasteiger partial charge in [0.2, 0.25) is 10.0 Å². The summed E-state index contributed by atoms with van der Waals surface area (Å²) in [6.45, 7) is 4.15. The number of sulfonamides is 1. The van der Waals surface area contributed by atoms with Crippen molar-refractivity contribution in [1.82, 2.24) is 4.98 Å². The fourth-order valence-corrected chi connectivity index (χ4v) is 4.34. The molecule has 0 saturated carbocycles. The number of hydrogen-bond donors (Lipinski definition) is 2. The van der Waals surface area contributed by atoms with E-state index in [1.807, 2.05) is 4.90 Å². The Bertz CT molecular complexity index is 1260. The standard InChI is InChI=1S/C22H23FN4O4S/c1-2-32(30,31)25-16-5-8-20-18(13-16)19(22(28)29)14-21(24-20)27-11-9-26(10-12-27)17-6-3-15(23)4-7-17/h3-8,13-14,25H,2,9-12H2,1H3,(H,28,29). The van der Waals surface area contributed by atoms with Gasteiger partial charge < -0.3 is 14.9 Å². The number of piperazine rings is 1. The summed E-state index contributed by atoms with van der Waals surface area (Å²) in [4.78, 5) is 20.7. The van der Waals surface area contributed by atoms with Crippen LogP contribution in [-0.4, -0.2) is 56.4 Å². The van der Waals surface area contributed by atoms with Crippen LogP contribution in [0, 0.1) is 5.82 Å². The molecule has 2 N–H and O–H groups in total. The van der Waals surface area contributed by atoms with Crippen LogP contribution in [0.15, 0.2) is 48.5 Å². The van der Waals surface area contributed by atoms with Crippen molar-refractivity contribution in [3.8, 4) is 0 Å². The van der Waals surface area contributed by atoms with Gasteiger partial charge in [0.1, 0.15) is 11.6 Å². The molecule has 1 aliphatic rings. The molecule has 3 aromatic rings. The third kappa shape index (κ3) is 4.59. The Kier molecular flexibility index (Phi) is 5.88. The first kappa shape index (κ1) is 21.8. The smallest absolute Gasteiger partial charge is 0.336 e. The van der Waals surface area contributed by atoms with E-state index in [-0.39, 0.29) is 17.1 Å². The van der Waals surface area contributed by atoms with E-state index in [0.717, 1.165) is 5.69 Å². The van der Waals surface area contributed by atoms with E-state index in [1.165, 1.54) is 31.2 Å². The maximum atomic E-state index is 13.2. The summed E-state index contributed by atoms with van der Waals surface area (Å²) in [5.74, 6) is -0.924. The average Bonchev–Trinajstić information content (AvgIpc) is 2.78. The predicted molar refractivity (Wildman–Crippen MR) is 123 cm³/mol. The van der Waals surface area contributed by atoms with Crippen molar-refractivity contribution in [3.05, 3.63) is 59.9 Å². The molecule has 8 nitrogen and oxygen atoms in total. The van der Waals surface area contributed by atoms with Crippen molar-refractivity contribution in [2.24, 2.45) is 0 Å². The number of rotatable bonds is 6. The molecule has 0 aliphatic carbocycles. The fraction of sp³-hybridized carbons (Fsp3) is 0.273. The summed E-state index contributed by atoms with van der Waals surface area (Å²) >= 11 is 0. The van der Waals surface area contributed by atoms with E-state index < -0.39 is 16.0 Å². The number of halogens is 1. The molecule has 0 radical (unpaired) electrons. The minimum atomic E-state index is -3.48. The van der Waals surface area contributed by atoms with Gasteiger partial charge in [-0.3, -0.25) is 4.72 Å². The third-order valence-electron chi connectivity index (χ3n) is 5.47. The first-order valence-electron chi connectivity index (χ1n) is 10.2. The van der Waals surface area contributed by atoms with Crippen molar-refractivity contribution in [1.29, 1.82) is 0 Å². The number of carboxylic acid groups (broad SMARTS) is 1. The van der Waals surface area contributed by atoms with Gasteiger partial charge in [0.15, 0.2) is 0 Å². The maximum Gasteiger partial charge on any atom is 0.336 e. The highest BCUT2D eigenvalue weighted by molar-refractivity contribution is 7.92. The molecule has 2 heterocycles. The van der Waals surface area contributed by atoms with Gasteiger partial charge in [-0.15, -0.1) is 0 Å². The molecule has 32 heavy (non-hydrogen) atoms. The number of aromatic nitrogens is 1. The van der Waals surface area contributed by atoms with Crippen LogP contribution in [0.4, 0.5) is 21.6 Å². The second-order valence-corrected chi connectivity index (χ2v) is 9.53. The lowest BCUT2D eigenvalue weighted by Crippen LogP contribution is -2.46. The van der Waals surface area contributed by atoms with Crippen LogP contribution >= 0.6 is 0 Å². The molecule has 1 aromatic heterocycles. The van der Waals surface area contributed by atoms with Gasteiger partial charge in [0.25, 0.3) is 0 Å². The van der Waals surface area contributed by atoms with Crippen LogP contribution in [-0.2, 0) is 10.0 Å². The fourth-order valence-electron chi connectivity index (χ4n) is 3.71. The number of nitrogens with zero attached hydrogens (tertiary/aromatic N) is 3. The van der Waals surface area contributed by atoms with Crippen LogP contribution in [0.5, 0.6) is 0 Å². The second kappa shape index (κ2) is 8.62. The van der Waals surface area contributed by atoms with Crippen molar-refractivity contribution < 1.29 is 22.7 Å².